The van der Waals surface area contributed by atoms with Crippen LogP contribution in [0.25, 0.3) is 11.0 Å². The van der Waals surface area contributed by atoms with Crippen LogP contribution in [0.15, 0.2) is 34.5 Å². The van der Waals surface area contributed by atoms with Crippen molar-refractivity contribution < 1.29 is 0 Å². The van der Waals surface area contributed by atoms with Gasteiger partial charge in [-0.1, -0.05) is 0 Å². The van der Waals surface area contributed by atoms with Gasteiger partial charge in [0.05, 0.1) is 5.69 Å². The molecule has 0 aliphatic heterocycles. The van der Waals surface area contributed by atoms with Gasteiger partial charge in [-0.15, -0.1) is 11.3 Å². The number of rotatable bonds is 2. The molecule has 0 aromatic carbocycles. The van der Waals surface area contributed by atoms with Gasteiger partial charge in [-0.05, 0) is 22.0 Å². The van der Waals surface area contributed by atoms with Crippen LogP contribution in [-0.2, 0) is 0 Å². The summed E-state index contributed by atoms with van der Waals surface area (Å²) >= 11 is 4.98. The van der Waals surface area contributed by atoms with Crippen LogP contribution in [0.3, 0.4) is 0 Å². The average Bonchev–Trinajstić information content (AvgIpc) is 2.90. The van der Waals surface area contributed by atoms with Gasteiger partial charge in [-0.3, -0.25) is 0 Å². The molecular weight excluding hydrogens is 288 g/mol. The molecule has 3 aromatic rings. The zero-order chi connectivity index (χ0) is 11.0. The Labute approximate surface area is 104 Å². The van der Waals surface area contributed by atoms with Crippen LogP contribution in [0.2, 0.25) is 0 Å². The third-order valence-corrected chi connectivity index (χ3v) is 3.29. The summed E-state index contributed by atoms with van der Waals surface area (Å²) in [6.07, 6.45) is 5.44. The van der Waals surface area contributed by atoms with E-state index in [4.69, 9.17) is 0 Å². The molecule has 0 aliphatic carbocycles. The van der Waals surface area contributed by atoms with Gasteiger partial charge in [0.15, 0.2) is 5.13 Å². The lowest BCUT2D eigenvalue weighted by atomic mass is 10.3. The molecule has 0 radical (unpaired) electrons. The number of anilines is 2. The number of thiazole rings is 1. The van der Waals surface area contributed by atoms with Crippen molar-refractivity contribution in [2.75, 3.05) is 5.32 Å². The first-order chi connectivity index (χ1) is 7.83. The number of hydrogen-bond donors (Lipinski definition) is 2. The van der Waals surface area contributed by atoms with Crippen LogP contribution < -0.4 is 5.32 Å². The second-order valence-electron chi connectivity index (χ2n) is 3.21. The molecule has 3 rings (SSSR count). The zero-order valence-electron chi connectivity index (χ0n) is 8.07. The van der Waals surface area contributed by atoms with E-state index in [9.17, 15) is 0 Å². The van der Waals surface area contributed by atoms with Crippen LogP contribution in [0.1, 0.15) is 0 Å². The highest BCUT2D eigenvalue weighted by Gasteiger charge is 2.06. The molecule has 0 unspecified atom stereocenters. The second kappa shape index (κ2) is 3.88. The molecule has 16 heavy (non-hydrogen) atoms. The second-order valence-corrected chi connectivity index (χ2v) is 5.02. The summed E-state index contributed by atoms with van der Waals surface area (Å²) in [5.41, 5.74) is 1.85. The molecule has 80 valence electrons. The van der Waals surface area contributed by atoms with Crippen LogP contribution in [0, 0.1) is 0 Å². The van der Waals surface area contributed by atoms with Gasteiger partial charge in [-0.25, -0.2) is 9.97 Å². The number of nitrogens with zero attached hydrogens (tertiary/aromatic N) is 2. The maximum atomic E-state index is 4.27. The summed E-state index contributed by atoms with van der Waals surface area (Å²) in [6.45, 7) is 0. The van der Waals surface area contributed by atoms with Gasteiger partial charge >= 0.3 is 0 Å². The molecule has 3 heterocycles. The number of aromatic nitrogens is 3. The molecule has 6 heteroatoms. The summed E-state index contributed by atoms with van der Waals surface area (Å²) in [5, 5.41) is 7.11. The van der Waals surface area contributed by atoms with E-state index in [0.29, 0.717) is 0 Å². The minimum atomic E-state index is 0.863. The van der Waals surface area contributed by atoms with Gasteiger partial charge in [0.2, 0.25) is 0 Å². The van der Waals surface area contributed by atoms with Crippen molar-refractivity contribution in [1.82, 2.24) is 15.0 Å². The maximum Gasteiger partial charge on any atom is 0.187 e. The molecule has 0 saturated heterocycles. The number of fused-ring (bicyclic) bond motifs is 1. The fourth-order valence-corrected chi connectivity index (χ4v) is 2.35. The van der Waals surface area contributed by atoms with E-state index in [0.717, 1.165) is 26.3 Å². The van der Waals surface area contributed by atoms with Crippen LogP contribution in [-0.4, -0.2) is 15.0 Å². The minimum absolute atomic E-state index is 0.863. The average molecular weight is 295 g/mol. The van der Waals surface area contributed by atoms with E-state index < -0.39 is 0 Å². The van der Waals surface area contributed by atoms with Crippen molar-refractivity contribution in [2.45, 2.75) is 0 Å². The SMILES string of the molecule is Brc1cnc2[nH]cc(Nc3nccs3)c2c1. The third-order valence-electron chi connectivity index (χ3n) is 2.17. The first-order valence-electron chi connectivity index (χ1n) is 4.62. The lowest BCUT2D eigenvalue weighted by Crippen LogP contribution is -1.87. The van der Waals surface area contributed by atoms with E-state index >= 15 is 0 Å². The summed E-state index contributed by atoms with van der Waals surface area (Å²) in [7, 11) is 0. The molecule has 0 fully saturated rings. The smallest absolute Gasteiger partial charge is 0.187 e. The van der Waals surface area contributed by atoms with Crippen molar-refractivity contribution in [1.29, 1.82) is 0 Å². The van der Waals surface area contributed by atoms with Crippen LogP contribution in [0.4, 0.5) is 10.8 Å². The monoisotopic (exact) mass is 294 g/mol. The number of halogens is 1. The van der Waals surface area contributed by atoms with E-state index in [-0.39, 0.29) is 0 Å². The zero-order valence-corrected chi connectivity index (χ0v) is 10.5. The van der Waals surface area contributed by atoms with E-state index in [1.54, 1.807) is 23.7 Å². The molecule has 4 nitrogen and oxygen atoms in total. The van der Waals surface area contributed by atoms with Crippen LogP contribution in [0.5, 0.6) is 0 Å². The summed E-state index contributed by atoms with van der Waals surface area (Å²) < 4.78 is 0.960. The first kappa shape index (κ1) is 9.80. The number of aromatic amines is 1. The molecule has 0 amide bonds. The Kier molecular flexibility index (Phi) is 2.37. The van der Waals surface area contributed by atoms with Crippen molar-refractivity contribution in [3.8, 4) is 0 Å². The maximum absolute atomic E-state index is 4.27. The Morgan fingerprint density at radius 3 is 3.12 bits per heavy atom. The Morgan fingerprint density at radius 2 is 2.31 bits per heavy atom. The highest BCUT2D eigenvalue weighted by Crippen LogP contribution is 2.27. The van der Waals surface area contributed by atoms with Crippen molar-refractivity contribution in [2.24, 2.45) is 0 Å². The fourth-order valence-electron chi connectivity index (χ4n) is 1.48. The Morgan fingerprint density at radius 1 is 1.38 bits per heavy atom. The van der Waals surface area contributed by atoms with Crippen molar-refractivity contribution >= 4 is 49.1 Å². The molecule has 0 atom stereocenters. The van der Waals surface area contributed by atoms with Crippen molar-refractivity contribution in [3.63, 3.8) is 0 Å². The number of pyridine rings is 1. The quantitative estimate of drug-likeness (QED) is 0.760. The summed E-state index contributed by atoms with van der Waals surface area (Å²) in [6, 6.07) is 2.02. The van der Waals surface area contributed by atoms with Gasteiger partial charge in [0.25, 0.3) is 0 Å². The number of hydrogen-bond acceptors (Lipinski definition) is 4. The Balaban J connectivity index is 2.07. The molecule has 0 aliphatic rings. The van der Waals surface area contributed by atoms with E-state index in [1.807, 2.05) is 17.6 Å². The van der Waals surface area contributed by atoms with Gasteiger partial charge in [0, 0.05) is 33.8 Å². The van der Waals surface area contributed by atoms with Gasteiger partial charge < -0.3 is 10.3 Å². The summed E-state index contributed by atoms with van der Waals surface area (Å²) in [4.78, 5) is 11.6. The molecule has 3 aromatic heterocycles. The lowest BCUT2D eigenvalue weighted by molar-refractivity contribution is 1.31. The highest BCUT2D eigenvalue weighted by atomic mass is 79.9. The molecule has 0 bridgehead atoms. The molecule has 2 N–H and O–H groups in total. The Bertz CT molecular complexity index is 617. The Hall–Kier alpha value is -1.40. The molecule has 0 saturated carbocycles. The van der Waals surface area contributed by atoms with Crippen LogP contribution >= 0.6 is 27.3 Å². The topological polar surface area (TPSA) is 53.6 Å². The predicted molar refractivity (Wildman–Crippen MR) is 69.2 cm³/mol. The van der Waals surface area contributed by atoms with E-state index in [2.05, 4.69) is 36.2 Å². The lowest BCUT2D eigenvalue weighted by Gasteiger charge is -1.99. The third kappa shape index (κ3) is 1.70. The molecule has 0 spiro atoms. The highest BCUT2D eigenvalue weighted by molar-refractivity contribution is 9.10. The normalized spacial score (nSPS) is 10.8. The first-order valence-corrected chi connectivity index (χ1v) is 6.29. The van der Waals surface area contributed by atoms with Gasteiger partial charge in [0.1, 0.15) is 5.65 Å². The molecular formula is C10H7BrN4S. The summed E-state index contributed by atoms with van der Waals surface area (Å²) in [5.74, 6) is 0. The number of nitrogens with one attached hydrogen (secondary N) is 2. The standard InChI is InChI=1S/C10H7BrN4S/c11-6-3-7-8(5-14-9(7)13-4-6)15-10-12-1-2-16-10/h1-5H,(H,12,15)(H,13,14). The predicted octanol–water partition coefficient (Wildman–Crippen LogP) is 3.53. The fraction of sp³-hybridized carbons (Fsp3) is 0. The van der Waals surface area contributed by atoms with Gasteiger partial charge in [-0.2, -0.15) is 0 Å². The van der Waals surface area contributed by atoms with E-state index in [1.165, 1.54) is 0 Å². The minimum Gasteiger partial charge on any atom is -0.344 e. The van der Waals surface area contributed by atoms with Crippen molar-refractivity contribution in [3.05, 3.63) is 34.5 Å². The number of H-pyrrole nitrogens is 1. The largest absolute Gasteiger partial charge is 0.344 e.